The molecule has 0 bridgehead atoms. The summed E-state index contributed by atoms with van der Waals surface area (Å²) in [6.45, 7) is 2.78. The monoisotopic (exact) mass is 364 g/mol. The van der Waals surface area contributed by atoms with Crippen molar-refractivity contribution in [2.24, 2.45) is 0 Å². The standard InChI is InChI=1S/C16H14BrClN2O/c1-3-8-21-14-5-4-13(17)9-12(14)10-20-15-11(2)6-7-19-16(15)18/h1,4-7,9,20H,8,10H2,2H3. The second-order valence-electron chi connectivity index (χ2n) is 4.39. The van der Waals surface area contributed by atoms with E-state index in [1.165, 1.54) is 0 Å². The molecule has 1 heterocycles. The highest BCUT2D eigenvalue weighted by Gasteiger charge is 2.08. The number of nitrogens with zero attached hydrogens (tertiary/aromatic N) is 1. The molecule has 0 fully saturated rings. The Kier molecular flexibility index (Phi) is 5.49. The number of hydrogen-bond donors (Lipinski definition) is 1. The number of aromatic nitrogens is 1. The van der Waals surface area contributed by atoms with Crippen molar-refractivity contribution in [1.29, 1.82) is 0 Å². The summed E-state index contributed by atoms with van der Waals surface area (Å²) in [6, 6.07) is 7.69. The molecule has 21 heavy (non-hydrogen) atoms. The van der Waals surface area contributed by atoms with Crippen LogP contribution in [-0.2, 0) is 6.54 Å². The zero-order chi connectivity index (χ0) is 15.2. The van der Waals surface area contributed by atoms with Crippen LogP contribution in [0.2, 0.25) is 5.15 Å². The maximum atomic E-state index is 6.11. The van der Waals surface area contributed by atoms with Crippen LogP contribution in [0.5, 0.6) is 5.75 Å². The van der Waals surface area contributed by atoms with Gasteiger partial charge in [0.1, 0.15) is 12.4 Å². The van der Waals surface area contributed by atoms with Gasteiger partial charge in [-0.15, -0.1) is 6.42 Å². The molecule has 0 aliphatic rings. The van der Waals surface area contributed by atoms with E-state index in [1.807, 2.05) is 31.2 Å². The number of ether oxygens (including phenoxy) is 1. The summed E-state index contributed by atoms with van der Waals surface area (Å²) in [5.74, 6) is 3.22. The van der Waals surface area contributed by atoms with Gasteiger partial charge >= 0.3 is 0 Å². The quantitative estimate of drug-likeness (QED) is 0.629. The molecule has 0 aliphatic carbocycles. The topological polar surface area (TPSA) is 34.1 Å². The van der Waals surface area contributed by atoms with E-state index in [0.717, 1.165) is 27.0 Å². The van der Waals surface area contributed by atoms with Gasteiger partial charge in [0.25, 0.3) is 0 Å². The van der Waals surface area contributed by atoms with Gasteiger partial charge in [-0.05, 0) is 36.8 Å². The van der Waals surface area contributed by atoms with Crippen LogP contribution in [-0.4, -0.2) is 11.6 Å². The number of benzene rings is 1. The fraction of sp³-hybridized carbons (Fsp3) is 0.188. The molecule has 3 nitrogen and oxygen atoms in total. The number of hydrogen-bond acceptors (Lipinski definition) is 3. The summed E-state index contributed by atoms with van der Waals surface area (Å²) in [5.41, 5.74) is 2.84. The van der Waals surface area contributed by atoms with Crippen LogP contribution in [0.3, 0.4) is 0 Å². The van der Waals surface area contributed by atoms with Crippen molar-refractivity contribution in [3.05, 3.63) is 51.2 Å². The molecule has 0 atom stereocenters. The van der Waals surface area contributed by atoms with Gasteiger partial charge in [-0.3, -0.25) is 0 Å². The van der Waals surface area contributed by atoms with Crippen molar-refractivity contribution in [2.45, 2.75) is 13.5 Å². The zero-order valence-corrected chi connectivity index (χ0v) is 13.8. The largest absolute Gasteiger partial charge is 0.481 e. The molecule has 5 heteroatoms. The Morgan fingerprint density at radius 3 is 2.95 bits per heavy atom. The number of halogens is 2. The molecular weight excluding hydrogens is 352 g/mol. The summed E-state index contributed by atoms with van der Waals surface area (Å²) in [6.07, 6.45) is 6.92. The van der Waals surface area contributed by atoms with E-state index in [-0.39, 0.29) is 6.61 Å². The Bertz CT molecular complexity index is 662. The molecule has 2 aromatic rings. The smallest absolute Gasteiger partial charge is 0.152 e. The van der Waals surface area contributed by atoms with Gasteiger partial charge < -0.3 is 10.1 Å². The van der Waals surface area contributed by atoms with Crippen LogP contribution in [0.15, 0.2) is 34.9 Å². The molecular formula is C16H14BrClN2O. The normalized spacial score (nSPS) is 10.0. The molecule has 0 unspecified atom stereocenters. The maximum Gasteiger partial charge on any atom is 0.152 e. The molecule has 0 saturated carbocycles. The molecule has 2 rings (SSSR count). The van der Waals surface area contributed by atoms with Crippen molar-refractivity contribution in [2.75, 3.05) is 11.9 Å². The van der Waals surface area contributed by atoms with Crippen molar-refractivity contribution in [3.63, 3.8) is 0 Å². The SMILES string of the molecule is C#CCOc1ccc(Br)cc1CNc1c(C)ccnc1Cl. The van der Waals surface area contributed by atoms with Gasteiger partial charge in [-0.25, -0.2) is 4.98 Å². The highest BCUT2D eigenvalue weighted by Crippen LogP contribution is 2.27. The first-order valence-electron chi connectivity index (χ1n) is 6.31. The first-order valence-corrected chi connectivity index (χ1v) is 7.48. The fourth-order valence-electron chi connectivity index (χ4n) is 1.87. The van der Waals surface area contributed by atoms with Crippen LogP contribution < -0.4 is 10.1 Å². The minimum atomic E-state index is 0.237. The van der Waals surface area contributed by atoms with Crippen molar-refractivity contribution in [3.8, 4) is 18.1 Å². The number of aryl methyl sites for hydroxylation is 1. The van der Waals surface area contributed by atoms with E-state index < -0.39 is 0 Å². The van der Waals surface area contributed by atoms with E-state index in [0.29, 0.717) is 11.7 Å². The van der Waals surface area contributed by atoms with Crippen LogP contribution in [0.4, 0.5) is 5.69 Å². The lowest BCUT2D eigenvalue weighted by Gasteiger charge is -2.14. The summed E-state index contributed by atoms with van der Waals surface area (Å²) < 4.78 is 6.52. The van der Waals surface area contributed by atoms with Crippen LogP contribution >= 0.6 is 27.5 Å². The second-order valence-corrected chi connectivity index (χ2v) is 5.67. The van der Waals surface area contributed by atoms with Gasteiger partial charge in [0, 0.05) is 22.8 Å². The summed E-state index contributed by atoms with van der Waals surface area (Å²) >= 11 is 9.57. The third-order valence-electron chi connectivity index (χ3n) is 2.90. The first-order chi connectivity index (χ1) is 10.1. The molecule has 1 aromatic heterocycles. The number of pyridine rings is 1. The Morgan fingerprint density at radius 1 is 1.43 bits per heavy atom. The number of terminal acetylenes is 1. The summed E-state index contributed by atoms with van der Waals surface area (Å²) in [4.78, 5) is 4.08. The third-order valence-corrected chi connectivity index (χ3v) is 3.68. The van der Waals surface area contributed by atoms with E-state index in [4.69, 9.17) is 22.8 Å². The lowest BCUT2D eigenvalue weighted by Crippen LogP contribution is -2.05. The number of rotatable bonds is 5. The van der Waals surface area contributed by atoms with Gasteiger partial charge in [-0.1, -0.05) is 33.5 Å². The van der Waals surface area contributed by atoms with Crippen LogP contribution in [0.1, 0.15) is 11.1 Å². The van der Waals surface area contributed by atoms with Gasteiger partial charge in [0.05, 0.1) is 5.69 Å². The lowest BCUT2D eigenvalue weighted by molar-refractivity contribution is 0.366. The molecule has 1 N–H and O–H groups in total. The van der Waals surface area contributed by atoms with E-state index >= 15 is 0 Å². The van der Waals surface area contributed by atoms with Gasteiger partial charge in [0.15, 0.2) is 5.15 Å². The predicted octanol–water partition coefficient (Wildman–Crippen LogP) is 4.43. The minimum Gasteiger partial charge on any atom is -0.481 e. The fourth-order valence-corrected chi connectivity index (χ4v) is 2.55. The average Bonchev–Trinajstić information content (AvgIpc) is 2.46. The van der Waals surface area contributed by atoms with Crippen molar-refractivity contribution in [1.82, 2.24) is 4.98 Å². The zero-order valence-electron chi connectivity index (χ0n) is 11.5. The Morgan fingerprint density at radius 2 is 2.24 bits per heavy atom. The maximum absolute atomic E-state index is 6.11. The Hall–Kier alpha value is -1.70. The third kappa shape index (κ3) is 4.13. The van der Waals surface area contributed by atoms with E-state index in [1.54, 1.807) is 6.20 Å². The summed E-state index contributed by atoms with van der Waals surface area (Å²) in [7, 11) is 0. The molecule has 0 spiro atoms. The van der Waals surface area contributed by atoms with Gasteiger partial charge in [0.2, 0.25) is 0 Å². The number of nitrogens with one attached hydrogen (secondary N) is 1. The second kappa shape index (κ2) is 7.35. The average molecular weight is 366 g/mol. The molecule has 0 saturated heterocycles. The predicted molar refractivity (Wildman–Crippen MR) is 89.8 cm³/mol. The number of anilines is 1. The van der Waals surface area contributed by atoms with Crippen molar-refractivity contribution >= 4 is 33.2 Å². The first kappa shape index (κ1) is 15.7. The summed E-state index contributed by atoms with van der Waals surface area (Å²) in [5, 5.41) is 3.75. The minimum absolute atomic E-state index is 0.237. The van der Waals surface area contributed by atoms with Crippen LogP contribution in [0, 0.1) is 19.3 Å². The Labute approximate surface area is 137 Å². The highest BCUT2D eigenvalue weighted by atomic mass is 79.9. The molecule has 0 amide bonds. The van der Waals surface area contributed by atoms with Crippen LogP contribution in [0.25, 0.3) is 0 Å². The Balaban J connectivity index is 2.19. The van der Waals surface area contributed by atoms with E-state index in [9.17, 15) is 0 Å². The molecule has 0 aliphatic heterocycles. The van der Waals surface area contributed by atoms with Crippen molar-refractivity contribution < 1.29 is 4.74 Å². The van der Waals surface area contributed by atoms with Gasteiger partial charge in [-0.2, -0.15) is 0 Å². The lowest BCUT2D eigenvalue weighted by atomic mass is 10.2. The molecule has 108 valence electrons. The van der Waals surface area contributed by atoms with E-state index in [2.05, 4.69) is 32.2 Å². The molecule has 1 aromatic carbocycles. The molecule has 0 radical (unpaired) electrons. The highest BCUT2D eigenvalue weighted by molar-refractivity contribution is 9.10.